The van der Waals surface area contributed by atoms with Gasteiger partial charge in [-0.1, -0.05) is 40.0 Å². The normalized spacial score (nSPS) is 20.1. The molecule has 1 atom stereocenters. The van der Waals surface area contributed by atoms with E-state index in [0.717, 1.165) is 12.8 Å². The summed E-state index contributed by atoms with van der Waals surface area (Å²) in [7, 11) is 0. The lowest BCUT2D eigenvalue weighted by molar-refractivity contribution is -0.138. The van der Waals surface area contributed by atoms with Crippen molar-refractivity contribution < 1.29 is 9.59 Å². The van der Waals surface area contributed by atoms with Crippen molar-refractivity contribution in [3.05, 3.63) is 0 Å². The van der Waals surface area contributed by atoms with E-state index in [1.807, 2.05) is 13.8 Å². The summed E-state index contributed by atoms with van der Waals surface area (Å²) in [6.45, 7) is 11.1. The molecule has 0 aliphatic carbocycles. The molecule has 1 rings (SSSR count). The number of nitrogens with zero attached hydrogens (tertiary/aromatic N) is 1. The highest BCUT2D eigenvalue weighted by Gasteiger charge is 2.40. The largest absolute Gasteiger partial charge is 0.317 e. The van der Waals surface area contributed by atoms with Crippen molar-refractivity contribution in [3.8, 4) is 0 Å². The van der Waals surface area contributed by atoms with E-state index in [4.69, 9.17) is 5.73 Å². The number of carbonyl (C=O) groups is 2. The molecule has 1 aliphatic heterocycles. The molecule has 0 saturated carbocycles. The molecule has 128 valence electrons. The Labute approximate surface area is 139 Å². The van der Waals surface area contributed by atoms with Gasteiger partial charge in [0.2, 0.25) is 11.8 Å². The van der Waals surface area contributed by atoms with E-state index >= 15 is 0 Å². The van der Waals surface area contributed by atoms with Gasteiger partial charge in [0.25, 0.3) is 0 Å². The number of likely N-dealkylation sites (tertiary alicyclic amines) is 1. The van der Waals surface area contributed by atoms with Gasteiger partial charge in [0.15, 0.2) is 0 Å². The van der Waals surface area contributed by atoms with Crippen molar-refractivity contribution in [2.75, 3.05) is 6.54 Å². The summed E-state index contributed by atoms with van der Waals surface area (Å²) in [5.74, 6) is -0.0929. The zero-order valence-corrected chi connectivity index (χ0v) is 15.6. The van der Waals surface area contributed by atoms with Crippen LogP contribution in [-0.2, 0) is 9.59 Å². The number of imide groups is 1. The van der Waals surface area contributed by atoms with Crippen LogP contribution in [0.4, 0.5) is 0 Å². The van der Waals surface area contributed by atoms with Gasteiger partial charge in [0.1, 0.15) is 0 Å². The maximum atomic E-state index is 12.3. The van der Waals surface area contributed by atoms with Crippen LogP contribution in [0.3, 0.4) is 0 Å². The first-order valence-corrected chi connectivity index (χ1v) is 9.18. The van der Waals surface area contributed by atoms with E-state index in [1.165, 1.54) is 35.9 Å². The van der Waals surface area contributed by atoms with Crippen molar-refractivity contribution in [1.82, 2.24) is 4.90 Å². The van der Waals surface area contributed by atoms with Gasteiger partial charge in [-0.25, -0.2) is 0 Å². The van der Waals surface area contributed by atoms with Gasteiger partial charge in [-0.05, 0) is 32.1 Å². The third-order valence-corrected chi connectivity index (χ3v) is 4.97. The number of hydrogen-bond donors (Lipinski definition) is 1. The molecule has 4 nitrogen and oxygen atoms in total. The highest BCUT2D eigenvalue weighted by molar-refractivity contribution is 8.01. The molecule has 2 amide bonds. The van der Waals surface area contributed by atoms with Gasteiger partial charge in [0, 0.05) is 13.0 Å². The number of unbranched alkanes of at least 4 members (excludes halogenated alkanes) is 3. The smallest absolute Gasteiger partial charge is 0.242 e. The third kappa shape index (κ3) is 7.14. The zero-order valence-electron chi connectivity index (χ0n) is 14.8. The molecule has 1 aliphatic rings. The first kappa shape index (κ1) is 19.5. The molecule has 5 heteroatoms. The Morgan fingerprint density at radius 1 is 1.09 bits per heavy atom. The summed E-state index contributed by atoms with van der Waals surface area (Å²) in [6.07, 6.45) is 5.89. The molecule has 0 spiro atoms. The van der Waals surface area contributed by atoms with E-state index in [0.29, 0.717) is 18.4 Å². The molecule has 1 unspecified atom stereocenters. The summed E-state index contributed by atoms with van der Waals surface area (Å²) in [4.78, 5) is 25.2. The van der Waals surface area contributed by atoms with Crippen LogP contribution in [0.15, 0.2) is 0 Å². The highest BCUT2D eigenvalue weighted by atomic mass is 32.2. The Balaban J connectivity index is 2.28. The summed E-state index contributed by atoms with van der Waals surface area (Å²) < 4.78 is 0. The van der Waals surface area contributed by atoms with Crippen LogP contribution >= 0.6 is 11.8 Å². The average Bonchev–Trinajstić information content (AvgIpc) is 2.56. The zero-order chi connectivity index (χ0) is 17.0. The van der Waals surface area contributed by atoms with Crippen LogP contribution < -0.4 is 5.73 Å². The lowest BCUT2D eigenvalue weighted by Crippen LogP contribution is -2.35. The van der Waals surface area contributed by atoms with Crippen LogP contribution in [0.1, 0.15) is 73.1 Å². The second kappa shape index (κ2) is 7.82. The van der Waals surface area contributed by atoms with Crippen molar-refractivity contribution in [2.24, 2.45) is 11.1 Å². The van der Waals surface area contributed by atoms with Gasteiger partial charge in [-0.2, -0.15) is 0 Å². The Bertz CT molecular complexity index is 396. The molecule has 0 aromatic rings. The topological polar surface area (TPSA) is 63.4 Å². The van der Waals surface area contributed by atoms with Gasteiger partial charge >= 0.3 is 0 Å². The minimum atomic E-state index is -0.483. The molecule has 22 heavy (non-hydrogen) atoms. The number of nitrogens with two attached hydrogens (primary N) is 1. The molecule has 2 N–H and O–H groups in total. The maximum Gasteiger partial charge on any atom is 0.242 e. The summed E-state index contributed by atoms with van der Waals surface area (Å²) in [5.41, 5.74) is 6.33. The van der Waals surface area contributed by atoms with E-state index in [-0.39, 0.29) is 17.1 Å². The van der Waals surface area contributed by atoms with Crippen LogP contribution in [-0.4, -0.2) is 33.4 Å². The van der Waals surface area contributed by atoms with Crippen LogP contribution in [0.5, 0.6) is 0 Å². The van der Waals surface area contributed by atoms with Gasteiger partial charge < -0.3 is 5.73 Å². The summed E-state index contributed by atoms with van der Waals surface area (Å²) in [5, 5.41) is -0.298. The van der Waals surface area contributed by atoms with Crippen LogP contribution in [0.2, 0.25) is 0 Å². The fourth-order valence-corrected chi connectivity index (χ4v) is 3.81. The Morgan fingerprint density at radius 2 is 1.68 bits per heavy atom. The van der Waals surface area contributed by atoms with Crippen molar-refractivity contribution in [3.63, 3.8) is 0 Å². The number of hydrogen-bond acceptors (Lipinski definition) is 4. The molecule has 0 aromatic heterocycles. The van der Waals surface area contributed by atoms with Gasteiger partial charge in [-0.3, -0.25) is 14.5 Å². The first-order chi connectivity index (χ1) is 9.99. The van der Waals surface area contributed by atoms with E-state index in [9.17, 15) is 9.59 Å². The second-order valence-corrected chi connectivity index (χ2v) is 9.88. The molecule has 0 bridgehead atoms. The monoisotopic (exact) mass is 328 g/mol. The van der Waals surface area contributed by atoms with E-state index in [1.54, 1.807) is 0 Å². The van der Waals surface area contributed by atoms with E-state index in [2.05, 4.69) is 20.8 Å². The molecule has 1 saturated heterocycles. The molecule has 1 fully saturated rings. The van der Waals surface area contributed by atoms with Gasteiger partial charge in [-0.15, -0.1) is 11.8 Å². The summed E-state index contributed by atoms with van der Waals surface area (Å²) in [6, 6.07) is 0. The maximum absolute atomic E-state index is 12.3. The quantitative estimate of drug-likeness (QED) is 0.420. The number of thioether (sulfide) groups is 1. The minimum absolute atomic E-state index is 0.0403. The lowest BCUT2D eigenvalue weighted by Gasteiger charge is -2.21. The predicted octanol–water partition coefficient (Wildman–Crippen LogP) is 3.54. The minimum Gasteiger partial charge on any atom is -0.317 e. The Morgan fingerprint density at radius 3 is 2.23 bits per heavy atom. The summed E-state index contributed by atoms with van der Waals surface area (Å²) >= 11 is 1.40. The van der Waals surface area contributed by atoms with Crippen molar-refractivity contribution in [1.29, 1.82) is 0 Å². The standard InChI is InChI=1S/C17H32N2O2S/c1-16(2,3)10-8-6-7-9-11-19-14(20)12-13(15(19)21)22-17(4,5)18/h13H,6-12,18H2,1-5H3. The van der Waals surface area contributed by atoms with Gasteiger partial charge in [0.05, 0.1) is 10.1 Å². The van der Waals surface area contributed by atoms with Crippen molar-refractivity contribution in [2.45, 2.75) is 83.3 Å². The third-order valence-electron chi connectivity index (χ3n) is 3.71. The Hall–Kier alpha value is -0.550. The van der Waals surface area contributed by atoms with Crippen molar-refractivity contribution >= 4 is 23.6 Å². The highest BCUT2D eigenvalue weighted by Crippen LogP contribution is 2.32. The molecular formula is C17H32N2O2S. The fourth-order valence-electron chi connectivity index (χ4n) is 2.63. The van der Waals surface area contributed by atoms with Crippen LogP contribution in [0.25, 0.3) is 0 Å². The number of rotatable bonds is 8. The molecular weight excluding hydrogens is 296 g/mol. The Kier molecular flexibility index (Phi) is 6.93. The number of carbonyl (C=O) groups excluding carboxylic acids is 2. The molecule has 0 radical (unpaired) electrons. The lowest BCUT2D eigenvalue weighted by atomic mass is 9.89. The molecule has 1 heterocycles. The van der Waals surface area contributed by atoms with E-state index < -0.39 is 4.87 Å². The SMILES string of the molecule is CC(C)(C)CCCCCCN1C(=O)CC(SC(C)(C)N)C1=O. The number of amides is 2. The average molecular weight is 329 g/mol. The van der Waals surface area contributed by atoms with Crippen LogP contribution in [0, 0.1) is 5.41 Å². The fraction of sp³-hybridized carbons (Fsp3) is 0.882. The first-order valence-electron chi connectivity index (χ1n) is 8.30. The predicted molar refractivity (Wildman–Crippen MR) is 93.5 cm³/mol. The molecule has 0 aromatic carbocycles. The second-order valence-electron chi connectivity index (χ2n) is 8.02.